The van der Waals surface area contributed by atoms with E-state index in [2.05, 4.69) is 20.6 Å². The van der Waals surface area contributed by atoms with E-state index in [1.807, 2.05) is 4.90 Å². The molecule has 5 nitrogen and oxygen atoms in total. The second-order valence-corrected chi connectivity index (χ2v) is 9.66. The zero-order valence-electron chi connectivity index (χ0n) is 18.3. The van der Waals surface area contributed by atoms with Crippen LogP contribution < -0.4 is 15.5 Å². The SMILES string of the molecule is CC(F)(F)c1ccc(CN(c2ncnc(NCC3CC4CC[C@H](C3)N4)c2F)C2CC2)cc1. The van der Waals surface area contributed by atoms with Crippen LogP contribution in [0.2, 0.25) is 0 Å². The Morgan fingerprint density at radius 2 is 1.75 bits per heavy atom. The molecule has 2 bridgehead atoms. The number of hydrogen-bond acceptors (Lipinski definition) is 5. The molecule has 2 aliphatic heterocycles. The van der Waals surface area contributed by atoms with Gasteiger partial charge in [-0.05, 0) is 50.0 Å². The minimum atomic E-state index is -2.87. The molecule has 1 aromatic heterocycles. The highest BCUT2D eigenvalue weighted by molar-refractivity contribution is 5.52. The summed E-state index contributed by atoms with van der Waals surface area (Å²) in [5.41, 5.74) is 0.827. The standard InChI is InChI=1S/C24H30F3N5/c1-24(26,27)17-4-2-15(3-5-17)13-32(20-8-9-20)23-21(25)22(29-14-30-23)28-12-16-10-18-6-7-19(11-16)31-18/h2-5,14,16,18-20,31H,6-13H2,1H3,(H,28,29,30)/t16?,18-,19?/m1/s1. The predicted molar refractivity (Wildman–Crippen MR) is 118 cm³/mol. The van der Waals surface area contributed by atoms with E-state index >= 15 is 4.39 Å². The molecule has 3 aliphatic rings. The Bertz CT molecular complexity index is 930. The molecule has 3 fully saturated rings. The van der Waals surface area contributed by atoms with E-state index < -0.39 is 11.7 Å². The van der Waals surface area contributed by atoms with E-state index in [4.69, 9.17) is 0 Å². The van der Waals surface area contributed by atoms with Crippen LogP contribution >= 0.6 is 0 Å². The second-order valence-electron chi connectivity index (χ2n) is 9.66. The van der Waals surface area contributed by atoms with Crippen LogP contribution in [0.3, 0.4) is 0 Å². The number of nitrogens with zero attached hydrogens (tertiary/aromatic N) is 3. The van der Waals surface area contributed by atoms with Crippen molar-refractivity contribution in [3.8, 4) is 0 Å². The highest BCUT2D eigenvalue weighted by Crippen LogP contribution is 2.36. The van der Waals surface area contributed by atoms with Crippen molar-refractivity contribution >= 4 is 11.6 Å². The van der Waals surface area contributed by atoms with Crippen LogP contribution in [0, 0.1) is 11.7 Å². The van der Waals surface area contributed by atoms with Gasteiger partial charge < -0.3 is 15.5 Å². The number of piperidine rings is 1. The number of alkyl halides is 2. The molecule has 172 valence electrons. The fourth-order valence-electron chi connectivity index (χ4n) is 5.13. The lowest BCUT2D eigenvalue weighted by molar-refractivity contribution is 0.0174. The first kappa shape index (κ1) is 21.5. The van der Waals surface area contributed by atoms with Gasteiger partial charge in [-0.1, -0.05) is 24.3 Å². The Labute approximate surface area is 186 Å². The van der Waals surface area contributed by atoms with Gasteiger partial charge in [0.25, 0.3) is 5.92 Å². The van der Waals surface area contributed by atoms with Crippen LogP contribution in [0.4, 0.5) is 24.8 Å². The van der Waals surface area contributed by atoms with E-state index in [1.165, 1.54) is 31.3 Å². The van der Waals surface area contributed by atoms with Gasteiger partial charge in [0, 0.05) is 43.7 Å². The van der Waals surface area contributed by atoms with Crippen molar-refractivity contribution in [3.63, 3.8) is 0 Å². The molecule has 32 heavy (non-hydrogen) atoms. The van der Waals surface area contributed by atoms with Gasteiger partial charge in [-0.2, -0.15) is 4.39 Å². The van der Waals surface area contributed by atoms with Gasteiger partial charge in [-0.25, -0.2) is 18.7 Å². The highest BCUT2D eigenvalue weighted by Gasteiger charge is 2.35. The monoisotopic (exact) mass is 445 g/mol. The van der Waals surface area contributed by atoms with Crippen molar-refractivity contribution in [2.75, 3.05) is 16.8 Å². The molecule has 0 radical (unpaired) electrons. The number of halogens is 3. The van der Waals surface area contributed by atoms with Gasteiger partial charge in [0.2, 0.25) is 5.82 Å². The third kappa shape index (κ3) is 4.70. The Morgan fingerprint density at radius 1 is 1.06 bits per heavy atom. The van der Waals surface area contributed by atoms with Crippen molar-refractivity contribution in [2.45, 2.75) is 76.0 Å². The average Bonchev–Trinajstić information content (AvgIpc) is 3.55. The van der Waals surface area contributed by atoms with Crippen molar-refractivity contribution < 1.29 is 13.2 Å². The van der Waals surface area contributed by atoms with E-state index in [1.54, 1.807) is 12.1 Å². The molecule has 1 aromatic carbocycles. The summed E-state index contributed by atoms with van der Waals surface area (Å²) in [6.07, 6.45) is 8.04. The van der Waals surface area contributed by atoms with Gasteiger partial charge in [0.15, 0.2) is 11.6 Å². The Morgan fingerprint density at radius 3 is 2.38 bits per heavy atom. The smallest absolute Gasteiger partial charge is 0.270 e. The molecule has 2 saturated heterocycles. The lowest BCUT2D eigenvalue weighted by Crippen LogP contribution is -2.40. The molecule has 3 heterocycles. The van der Waals surface area contributed by atoms with Crippen molar-refractivity contribution in [1.29, 1.82) is 0 Å². The molecular weight excluding hydrogens is 415 g/mol. The van der Waals surface area contributed by atoms with Crippen LogP contribution in [-0.2, 0) is 12.5 Å². The van der Waals surface area contributed by atoms with E-state index in [-0.39, 0.29) is 23.2 Å². The summed E-state index contributed by atoms with van der Waals surface area (Å²) in [7, 11) is 0. The Hall–Kier alpha value is -2.35. The number of aromatic nitrogens is 2. The van der Waals surface area contributed by atoms with Gasteiger partial charge >= 0.3 is 0 Å². The number of fused-ring (bicyclic) bond motifs is 2. The zero-order valence-corrected chi connectivity index (χ0v) is 18.3. The molecule has 2 aromatic rings. The summed E-state index contributed by atoms with van der Waals surface area (Å²) >= 11 is 0. The maximum absolute atomic E-state index is 15.4. The molecule has 1 saturated carbocycles. The van der Waals surface area contributed by atoms with Crippen LogP contribution in [0.1, 0.15) is 56.6 Å². The molecule has 0 spiro atoms. The minimum absolute atomic E-state index is 0.0229. The van der Waals surface area contributed by atoms with Crippen LogP contribution in [0.15, 0.2) is 30.6 Å². The second kappa shape index (κ2) is 8.54. The molecule has 3 atom stereocenters. The number of nitrogens with one attached hydrogen (secondary N) is 2. The quantitative estimate of drug-likeness (QED) is 0.609. The van der Waals surface area contributed by atoms with E-state index in [0.29, 0.717) is 31.1 Å². The molecule has 0 amide bonds. The normalized spacial score (nSPS) is 25.1. The fourth-order valence-corrected chi connectivity index (χ4v) is 5.13. The van der Waals surface area contributed by atoms with Crippen molar-refractivity contribution in [3.05, 3.63) is 47.5 Å². The maximum atomic E-state index is 15.4. The number of benzene rings is 1. The molecule has 8 heteroatoms. The summed E-state index contributed by atoms with van der Waals surface area (Å²) in [5, 5.41) is 6.86. The number of rotatable bonds is 8. The summed E-state index contributed by atoms with van der Waals surface area (Å²) in [6, 6.07) is 7.65. The first-order valence-electron chi connectivity index (χ1n) is 11.6. The predicted octanol–water partition coefficient (Wildman–Crippen LogP) is 4.84. The van der Waals surface area contributed by atoms with Crippen LogP contribution in [0.25, 0.3) is 0 Å². The first-order chi connectivity index (χ1) is 15.4. The molecule has 2 unspecified atom stereocenters. The van der Waals surface area contributed by atoms with Crippen LogP contribution in [-0.4, -0.2) is 34.6 Å². The molecule has 2 N–H and O–H groups in total. The summed E-state index contributed by atoms with van der Waals surface area (Å²) < 4.78 is 42.4. The van der Waals surface area contributed by atoms with E-state index in [0.717, 1.165) is 38.2 Å². The number of hydrogen-bond donors (Lipinski definition) is 2. The maximum Gasteiger partial charge on any atom is 0.270 e. The average molecular weight is 446 g/mol. The third-order valence-electron chi connectivity index (χ3n) is 6.97. The molecule has 1 aliphatic carbocycles. The lowest BCUT2D eigenvalue weighted by Gasteiger charge is -2.29. The van der Waals surface area contributed by atoms with Crippen molar-refractivity contribution in [1.82, 2.24) is 15.3 Å². The first-order valence-corrected chi connectivity index (χ1v) is 11.6. The molecule has 5 rings (SSSR count). The number of anilines is 2. The zero-order chi connectivity index (χ0) is 22.3. The third-order valence-corrected chi connectivity index (χ3v) is 6.97. The van der Waals surface area contributed by atoms with Crippen LogP contribution in [0.5, 0.6) is 0 Å². The summed E-state index contributed by atoms with van der Waals surface area (Å²) in [5.74, 6) is -2.27. The minimum Gasteiger partial charge on any atom is -0.367 e. The van der Waals surface area contributed by atoms with Gasteiger partial charge in [0.1, 0.15) is 6.33 Å². The fraction of sp³-hybridized carbons (Fsp3) is 0.583. The van der Waals surface area contributed by atoms with Gasteiger partial charge in [0.05, 0.1) is 0 Å². The summed E-state index contributed by atoms with van der Waals surface area (Å²) in [4.78, 5) is 10.4. The lowest BCUT2D eigenvalue weighted by atomic mass is 9.92. The largest absolute Gasteiger partial charge is 0.367 e. The van der Waals surface area contributed by atoms with Gasteiger partial charge in [-0.3, -0.25) is 0 Å². The Balaban J connectivity index is 1.29. The summed E-state index contributed by atoms with van der Waals surface area (Å²) in [6.45, 7) is 2.02. The molecular formula is C24H30F3N5. The highest BCUT2D eigenvalue weighted by atomic mass is 19.3. The van der Waals surface area contributed by atoms with Crippen molar-refractivity contribution in [2.24, 2.45) is 5.92 Å². The Kier molecular flexibility index (Phi) is 5.73. The van der Waals surface area contributed by atoms with E-state index in [9.17, 15) is 8.78 Å². The topological polar surface area (TPSA) is 53.1 Å². The van der Waals surface area contributed by atoms with Gasteiger partial charge in [-0.15, -0.1) is 0 Å².